The minimum atomic E-state index is -0.189. The fourth-order valence-corrected chi connectivity index (χ4v) is 3.77. The van der Waals surface area contributed by atoms with Crippen LogP contribution >= 0.6 is 0 Å². The zero-order valence-electron chi connectivity index (χ0n) is 15.3. The van der Waals surface area contributed by atoms with E-state index in [1.165, 1.54) is 38.9 Å². The molecule has 3 N–H and O–H groups in total. The number of hydrogen-bond acceptors (Lipinski definition) is 3. The lowest BCUT2D eigenvalue weighted by molar-refractivity contribution is -0.119. The molecule has 2 aliphatic heterocycles. The van der Waals surface area contributed by atoms with E-state index >= 15 is 0 Å². The van der Waals surface area contributed by atoms with Gasteiger partial charge in [-0.3, -0.25) is 9.79 Å². The Morgan fingerprint density at radius 1 is 1.21 bits per heavy atom. The molecule has 0 aromatic rings. The average molecular weight is 338 g/mol. The van der Waals surface area contributed by atoms with E-state index in [1.807, 2.05) is 0 Å². The van der Waals surface area contributed by atoms with Gasteiger partial charge in [-0.2, -0.15) is 0 Å². The van der Waals surface area contributed by atoms with Crippen LogP contribution in [0.5, 0.6) is 0 Å². The molecule has 138 valence electrons. The van der Waals surface area contributed by atoms with Gasteiger partial charge in [0.25, 0.3) is 0 Å². The van der Waals surface area contributed by atoms with Gasteiger partial charge in [-0.1, -0.05) is 0 Å². The maximum absolute atomic E-state index is 11.2. The number of likely N-dealkylation sites (tertiary alicyclic amines) is 2. The molecular formula is C18H35N5O. The molecule has 2 fully saturated rings. The first-order valence-electron chi connectivity index (χ1n) is 9.73. The molecule has 24 heavy (non-hydrogen) atoms. The highest BCUT2D eigenvalue weighted by molar-refractivity contribution is 5.80. The Balaban J connectivity index is 1.75. The topological polar surface area (TPSA) is 74.0 Å². The summed E-state index contributed by atoms with van der Waals surface area (Å²) < 4.78 is 0. The smallest absolute Gasteiger partial charge is 0.217 e. The van der Waals surface area contributed by atoms with Crippen LogP contribution in [0.25, 0.3) is 0 Å². The maximum atomic E-state index is 11.2. The molecule has 6 nitrogen and oxygen atoms in total. The van der Waals surface area contributed by atoms with Gasteiger partial charge >= 0.3 is 0 Å². The van der Waals surface area contributed by atoms with Crippen LogP contribution in [-0.2, 0) is 4.79 Å². The number of hydrogen-bond donors (Lipinski definition) is 2. The van der Waals surface area contributed by atoms with Crippen molar-refractivity contribution in [3.8, 4) is 0 Å². The van der Waals surface area contributed by atoms with Gasteiger partial charge in [-0.15, -0.1) is 0 Å². The molecule has 0 aromatic carbocycles. The zero-order valence-corrected chi connectivity index (χ0v) is 15.3. The molecule has 2 rings (SSSR count). The number of carbonyl (C=O) groups excluding carboxylic acids is 1. The Bertz CT molecular complexity index is 406. The molecule has 1 atom stereocenters. The van der Waals surface area contributed by atoms with E-state index in [0.29, 0.717) is 12.3 Å². The van der Waals surface area contributed by atoms with Gasteiger partial charge < -0.3 is 20.9 Å². The number of primary amides is 1. The largest absolute Gasteiger partial charge is 0.370 e. The van der Waals surface area contributed by atoms with Crippen LogP contribution < -0.4 is 11.1 Å². The van der Waals surface area contributed by atoms with E-state index in [-0.39, 0.29) is 5.91 Å². The molecular weight excluding hydrogens is 302 g/mol. The van der Waals surface area contributed by atoms with Crippen LogP contribution in [0.4, 0.5) is 0 Å². The monoisotopic (exact) mass is 337 g/mol. The fourth-order valence-electron chi connectivity index (χ4n) is 3.77. The van der Waals surface area contributed by atoms with Crippen molar-refractivity contribution in [2.75, 3.05) is 45.8 Å². The Hall–Kier alpha value is -1.30. The number of piperidine rings is 1. The van der Waals surface area contributed by atoms with Crippen LogP contribution in [0.15, 0.2) is 4.99 Å². The van der Waals surface area contributed by atoms with Crippen LogP contribution in [0.2, 0.25) is 0 Å². The van der Waals surface area contributed by atoms with E-state index in [9.17, 15) is 4.79 Å². The number of amides is 1. The summed E-state index contributed by atoms with van der Waals surface area (Å²) in [5.41, 5.74) is 5.36. The van der Waals surface area contributed by atoms with E-state index in [0.717, 1.165) is 51.4 Å². The molecule has 2 aliphatic rings. The lowest BCUT2D eigenvalue weighted by atomic mass is 9.95. The fraction of sp³-hybridized carbons (Fsp3) is 0.889. The number of rotatable bonds is 8. The highest BCUT2D eigenvalue weighted by atomic mass is 16.1. The Kier molecular flexibility index (Phi) is 8.36. The number of unbranched alkanes of at least 4 members (excludes halogenated alkanes) is 1. The second-order valence-corrected chi connectivity index (χ2v) is 7.12. The Morgan fingerprint density at radius 2 is 2.00 bits per heavy atom. The third-order valence-corrected chi connectivity index (χ3v) is 4.99. The minimum absolute atomic E-state index is 0.189. The first-order chi connectivity index (χ1) is 11.7. The molecule has 2 saturated heterocycles. The van der Waals surface area contributed by atoms with Crippen LogP contribution in [0.1, 0.15) is 51.9 Å². The molecule has 0 radical (unpaired) electrons. The van der Waals surface area contributed by atoms with Crippen LogP contribution in [-0.4, -0.2) is 67.5 Å². The number of guanidine groups is 1. The van der Waals surface area contributed by atoms with E-state index in [4.69, 9.17) is 10.7 Å². The predicted octanol–water partition coefficient (Wildman–Crippen LogP) is 1.42. The molecule has 2 heterocycles. The molecule has 6 heteroatoms. The SMILES string of the molecule is CCNC(=NCCCCN1CCCC1)N1CCCC(CC(N)=O)C1. The van der Waals surface area contributed by atoms with Gasteiger partial charge in [-0.25, -0.2) is 0 Å². The molecule has 1 unspecified atom stereocenters. The van der Waals surface area contributed by atoms with Gasteiger partial charge in [0, 0.05) is 32.6 Å². The minimum Gasteiger partial charge on any atom is -0.370 e. The Morgan fingerprint density at radius 3 is 2.71 bits per heavy atom. The lowest BCUT2D eigenvalue weighted by Crippen LogP contribution is -2.47. The summed E-state index contributed by atoms with van der Waals surface area (Å²) in [6, 6.07) is 0. The number of aliphatic imine (C=N–C) groups is 1. The van der Waals surface area contributed by atoms with Crippen molar-refractivity contribution in [1.29, 1.82) is 0 Å². The quantitative estimate of drug-likeness (QED) is 0.399. The standard InChI is InChI=1S/C18H35N5O/c1-2-20-18(21-9-3-4-10-22-11-5-6-12-22)23-13-7-8-16(15-23)14-17(19)24/h16H,2-15H2,1H3,(H2,19,24)(H,20,21). The van der Waals surface area contributed by atoms with Crippen LogP contribution in [0, 0.1) is 5.92 Å². The van der Waals surface area contributed by atoms with Gasteiger partial charge in [0.1, 0.15) is 0 Å². The van der Waals surface area contributed by atoms with Gasteiger partial charge in [-0.05, 0) is 71.0 Å². The van der Waals surface area contributed by atoms with Crippen molar-refractivity contribution in [3.63, 3.8) is 0 Å². The second-order valence-electron chi connectivity index (χ2n) is 7.12. The summed E-state index contributed by atoms with van der Waals surface area (Å²) in [5.74, 6) is 1.19. The third kappa shape index (κ3) is 6.67. The first-order valence-corrected chi connectivity index (χ1v) is 9.73. The number of nitrogens with zero attached hydrogens (tertiary/aromatic N) is 3. The summed E-state index contributed by atoms with van der Waals surface area (Å²) in [6.45, 7) is 9.56. The summed E-state index contributed by atoms with van der Waals surface area (Å²) >= 11 is 0. The molecule has 0 bridgehead atoms. The summed E-state index contributed by atoms with van der Waals surface area (Å²) in [5, 5.41) is 3.41. The average Bonchev–Trinajstić information content (AvgIpc) is 3.06. The van der Waals surface area contributed by atoms with E-state index in [2.05, 4.69) is 22.0 Å². The van der Waals surface area contributed by atoms with Crippen molar-refractivity contribution in [2.45, 2.75) is 51.9 Å². The van der Waals surface area contributed by atoms with Gasteiger partial charge in [0.05, 0.1) is 0 Å². The van der Waals surface area contributed by atoms with Crippen molar-refractivity contribution < 1.29 is 4.79 Å². The Labute approximate surface area is 146 Å². The summed E-state index contributed by atoms with van der Waals surface area (Å²) in [7, 11) is 0. The highest BCUT2D eigenvalue weighted by Crippen LogP contribution is 2.19. The number of nitrogens with two attached hydrogens (primary N) is 1. The predicted molar refractivity (Wildman–Crippen MR) is 99.0 cm³/mol. The van der Waals surface area contributed by atoms with Crippen molar-refractivity contribution in [3.05, 3.63) is 0 Å². The van der Waals surface area contributed by atoms with Crippen molar-refractivity contribution in [1.82, 2.24) is 15.1 Å². The first kappa shape index (κ1) is 19.0. The molecule has 0 spiro atoms. The number of nitrogens with one attached hydrogen (secondary N) is 1. The highest BCUT2D eigenvalue weighted by Gasteiger charge is 2.23. The second kappa shape index (κ2) is 10.5. The summed E-state index contributed by atoms with van der Waals surface area (Å²) in [6.07, 6.45) is 7.79. The third-order valence-electron chi connectivity index (χ3n) is 4.99. The van der Waals surface area contributed by atoms with Crippen molar-refractivity contribution in [2.24, 2.45) is 16.6 Å². The van der Waals surface area contributed by atoms with E-state index < -0.39 is 0 Å². The summed E-state index contributed by atoms with van der Waals surface area (Å²) in [4.78, 5) is 20.9. The molecule has 1 amide bonds. The molecule has 0 aliphatic carbocycles. The molecule has 0 saturated carbocycles. The van der Waals surface area contributed by atoms with E-state index in [1.54, 1.807) is 0 Å². The van der Waals surface area contributed by atoms with Crippen LogP contribution in [0.3, 0.4) is 0 Å². The lowest BCUT2D eigenvalue weighted by Gasteiger charge is -2.34. The van der Waals surface area contributed by atoms with Gasteiger partial charge in [0.2, 0.25) is 5.91 Å². The van der Waals surface area contributed by atoms with Gasteiger partial charge in [0.15, 0.2) is 5.96 Å². The zero-order chi connectivity index (χ0) is 17.2. The van der Waals surface area contributed by atoms with Crippen molar-refractivity contribution >= 4 is 11.9 Å². The molecule has 0 aromatic heterocycles. The normalized spacial score (nSPS) is 22.8. The maximum Gasteiger partial charge on any atom is 0.217 e. The number of carbonyl (C=O) groups is 1.